The van der Waals surface area contributed by atoms with Gasteiger partial charge in [0.15, 0.2) is 21.3 Å². The molecule has 1 aromatic rings. The molecule has 1 saturated heterocycles. The Morgan fingerprint density at radius 1 is 1.38 bits per heavy atom. The van der Waals surface area contributed by atoms with E-state index in [1.165, 1.54) is 7.11 Å². The SMILES string of the molecule is CCOc1ccc(NC(=O)[C@H]2CCS(=O)(=O)C2)cc1OC. The lowest BCUT2D eigenvalue weighted by molar-refractivity contribution is -0.119. The van der Waals surface area contributed by atoms with Crippen LogP contribution in [-0.4, -0.2) is 39.5 Å². The molecule has 1 N–H and O–H groups in total. The summed E-state index contributed by atoms with van der Waals surface area (Å²) in [5.74, 6) is 0.370. The Kier molecular flexibility index (Phi) is 4.72. The molecule has 0 aliphatic carbocycles. The molecule has 1 atom stereocenters. The van der Waals surface area contributed by atoms with Crippen molar-refractivity contribution in [1.82, 2.24) is 0 Å². The Balaban J connectivity index is 2.07. The highest BCUT2D eigenvalue weighted by atomic mass is 32.2. The van der Waals surface area contributed by atoms with E-state index in [2.05, 4.69) is 5.32 Å². The molecule has 1 fully saturated rings. The van der Waals surface area contributed by atoms with Crippen LogP contribution in [0.2, 0.25) is 0 Å². The molecule has 21 heavy (non-hydrogen) atoms. The summed E-state index contributed by atoms with van der Waals surface area (Å²) < 4.78 is 33.4. The second-order valence-corrected chi connectivity index (χ2v) is 7.12. The maximum Gasteiger partial charge on any atom is 0.228 e. The van der Waals surface area contributed by atoms with E-state index in [1.807, 2.05) is 6.92 Å². The minimum absolute atomic E-state index is 0.0764. The minimum atomic E-state index is -3.07. The second kappa shape index (κ2) is 6.34. The number of hydrogen-bond donors (Lipinski definition) is 1. The van der Waals surface area contributed by atoms with Crippen molar-refractivity contribution in [1.29, 1.82) is 0 Å². The van der Waals surface area contributed by atoms with Gasteiger partial charge >= 0.3 is 0 Å². The lowest BCUT2D eigenvalue weighted by atomic mass is 10.1. The molecule has 0 spiro atoms. The van der Waals surface area contributed by atoms with E-state index in [9.17, 15) is 13.2 Å². The Morgan fingerprint density at radius 2 is 2.14 bits per heavy atom. The van der Waals surface area contributed by atoms with E-state index in [0.29, 0.717) is 30.2 Å². The van der Waals surface area contributed by atoms with Crippen LogP contribution in [0, 0.1) is 5.92 Å². The first-order valence-corrected chi connectivity index (χ1v) is 8.59. The van der Waals surface area contributed by atoms with Gasteiger partial charge in [0.2, 0.25) is 5.91 Å². The number of hydrogen-bond acceptors (Lipinski definition) is 5. The van der Waals surface area contributed by atoms with Crippen molar-refractivity contribution in [3.63, 3.8) is 0 Å². The quantitative estimate of drug-likeness (QED) is 0.890. The zero-order valence-electron chi connectivity index (χ0n) is 12.1. The lowest BCUT2D eigenvalue weighted by Gasteiger charge is -2.13. The van der Waals surface area contributed by atoms with Crippen LogP contribution in [0.1, 0.15) is 13.3 Å². The van der Waals surface area contributed by atoms with E-state index in [4.69, 9.17) is 9.47 Å². The van der Waals surface area contributed by atoms with Crippen molar-refractivity contribution in [2.45, 2.75) is 13.3 Å². The molecule has 1 aliphatic rings. The molecule has 0 unspecified atom stereocenters. The van der Waals surface area contributed by atoms with Crippen molar-refractivity contribution in [3.05, 3.63) is 18.2 Å². The number of nitrogens with one attached hydrogen (secondary N) is 1. The number of amides is 1. The molecule has 7 heteroatoms. The molecule has 1 aliphatic heterocycles. The second-order valence-electron chi connectivity index (χ2n) is 4.89. The first-order valence-electron chi connectivity index (χ1n) is 6.77. The van der Waals surface area contributed by atoms with E-state index in [1.54, 1.807) is 18.2 Å². The van der Waals surface area contributed by atoms with Crippen LogP contribution in [0.3, 0.4) is 0 Å². The summed E-state index contributed by atoms with van der Waals surface area (Å²) in [4.78, 5) is 12.1. The van der Waals surface area contributed by atoms with Crippen molar-refractivity contribution in [2.75, 3.05) is 30.5 Å². The summed E-state index contributed by atoms with van der Waals surface area (Å²) in [5.41, 5.74) is 0.560. The highest BCUT2D eigenvalue weighted by Gasteiger charge is 2.32. The Bertz CT molecular complexity index is 626. The van der Waals surface area contributed by atoms with Crippen LogP contribution in [0.4, 0.5) is 5.69 Å². The number of sulfone groups is 1. The molecule has 1 aromatic carbocycles. The van der Waals surface area contributed by atoms with Gasteiger partial charge in [0.1, 0.15) is 0 Å². The van der Waals surface area contributed by atoms with Crippen LogP contribution in [0.25, 0.3) is 0 Å². The average molecular weight is 313 g/mol. The topological polar surface area (TPSA) is 81.7 Å². The molecule has 0 saturated carbocycles. The number of carbonyl (C=O) groups is 1. The first-order chi connectivity index (χ1) is 9.95. The molecule has 0 radical (unpaired) electrons. The summed E-state index contributed by atoms with van der Waals surface area (Å²) in [6.07, 6.45) is 0.377. The molecule has 116 valence electrons. The molecule has 0 bridgehead atoms. The number of ether oxygens (including phenoxy) is 2. The van der Waals surface area contributed by atoms with Gasteiger partial charge in [-0.25, -0.2) is 8.42 Å². The third kappa shape index (κ3) is 3.87. The minimum Gasteiger partial charge on any atom is -0.493 e. The molecule has 0 aromatic heterocycles. The Hall–Kier alpha value is -1.76. The third-order valence-corrected chi connectivity index (χ3v) is 5.10. The van der Waals surface area contributed by atoms with Crippen LogP contribution < -0.4 is 14.8 Å². The third-order valence-electron chi connectivity index (χ3n) is 3.33. The fourth-order valence-corrected chi connectivity index (χ4v) is 4.01. The smallest absolute Gasteiger partial charge is 0.228 e. The molecule has 1 heterocycles. The predicted molar refractivity (Wildman–Crippen MR) is 79.6 cm³/mol. The molecular weight excluding hydrogens is 294 g/mol. The molecule has 1 amide bonds. The number of methoxy groups -OCH3 is 1. The van der Waals surface area contributed by atoms with Gasteiger partial charge in [0.25, 0.3) is 0 Å². The van der Waals surface area contributed by atoms with Crippen LogP contribution in [-0.2, 0) is 14.6 Å². The van der Waals surface area contributed by atoms with Crippen molar-refractivity contribution in [2.24, 2.45) is 5.92 Å². The zero-order chi connectivity index (χ0) is 15.5. The van der Waals surface area contributed by atoms with Crippen LogP contribution in [0.15, 0.2) is 18.2 Å². The molecular formula is C14H19NO5S. The Labute approximate surface area is 124 Å². The lowest BCUT2D eigenvalue weighted by Crippen LogP contribution is -2.23. The maximum atomic E-state index is 12.1. The summed E-state index contributed by atoms with van der Waals surface area (Å²) in [6.45, 7) is 2.39. The standard InChI is InChI=1S/C14H19NO5S/c1-3-20-12-5-4-11(8-13(12)19-2)15-14(16)10-6-7-21(17,18)9-10/h4-5,8,10H,3,6-7,9H2,1-2H3,(H,15,16)/t10-/m0/s1. The van der Waals surface area contributed by atoms with Crippen molar-refractivity contribution in [3.8, 4) is 11.5 Å². The van der Waals surface area contributed by atoms with Crippen LogP contribution >= 0.6 is 0 Å². The van der Waals surface area contributed by atoms with Crippen LogP contribution in [0.5, 0.6) is 11.5 Å². The summed E-state index contributed by atoms with van der Waals surface area (Å²) in [6, 6.07) is 5.07. The fraction of sp³-hybridized carbons (Fsp3) is 0.500. The van der Waals surface area contributed by atoms with Crippen molar-refractivity contribution < 1.29 is 22.7 Å². The van der Waals surface area contributed by atoms with Gasteiger partial charge in [-0.3, -0.25) is 4.79 Å². The number of rotatable bonds is 5. The van der Waals surface area contributed by atoms with E-state index < -0.39 is 15.8 Å². The molecule has 2 rings (SSSR count). The van der Waals surface area contributed by atoms with E-state index >= 15 is 0 Å². The van der Waals surface area contributed by atoms with Gasteiger partial charge in [-0.15, -0.1) is 0 Å². The maximum absolute atomic E-state index is 12.1. The highest BCUT2D eigenvalue weighted by molar-refractivity contribution is 7.91. The Morgan fingerprint density at radius 3 is 2.71 bits per heavy atom. The summed E-state index contributed by atoms with van der Waals surface area (Å²) >= 11 is 0. The first kappa shape index (κ1) is 15.6. The van der Waals surface area contributed by atoms with Gasteiger partial charge in [-0.1, -0.05) is 0 Å². The van der Waals surface area contributed by atoms with Gasteiger partial charge in [0.05, 0.1) is 31.1 Å². The average Bonchev–Trinajstić information content (AvgIpc) is 2.81. The monoisotopic (exact) mass is 313 g/mol. The zero-order valence-corrected chi connectivity index (χ0v) is 12.9. The van der Waals surface area contributed by atoms with Gasteiger partial charge in [-0.2, -0.15) is 0 Å². The van der Waals surface area contributed by atoms with Gasteiger partial charge in [0, 0.05) is 11.8 Å². The largest absolute Gasteiger partial charge is 0.493 e. The number of carbonyl (C=O) groups excluding carboxylic acids is 1. The number of anilines is 1. The molecule has 6 nitrogen and oxygen atoms in total. The predicted octanol–water partition coefficient (Wildman–Crippen LogP) is 1.47. The van der Waals surface area contributed by atoms with Crippen molar-refractivity contribution >= 4 is 21.4 Å². The van der Waals surface area contributed by atoms with E-state index in [0.717, 1.165) is 0 Å². The summed E-state index contributed by atoms with van der Waals surface area (Å²) in [7, 11) is -1.54. The van der Waals surface area contributed by atoms with Gasteiger partial charge < -0.3 is 14.8 Å². The fourth-order valence-electron chi connectivity index (χ4n) is 2.27. The van der Waals surface area contributed by atoms with E-state index in [-0.39, 0.29) is 17.4 Å². The number of benzene rings is 1. The van der Waals surface area contributed by atoms with Gasteiger partial charge in [-0.05, 0) is 25.5 Å². The summed E-state index contributed by atoms with van der Waals surface area (Å²) in [5, 5.41) is 2.73. The highest BCUT2D eigenvalue weighted by Crippen LogP contribution is 2.30. The normalized spacial score (nSPS) is 20.0.